The summed E-state index contributed by atoms with van der Waals surface area (Å²) in [6.07, 6.45) is 5.59. The number of carbonyl (C=O) groups excluding carboxylic acids is 1. The molecule has 0 aliphatic rings. The maximum absolute atomic E-state index is 12.2. The molecule has 1 rings (SSSR count). The maximum atomic E-state index is 12.2. The number of aryl methyl sites for hydroxylation is 1. The summed E-state index contributed by atoms with van der Waals surface area (Å²) in [6, 6.07) is 5.34. The summed E-state index contributed by atoms with van der Waals surface area (Å²) in [7, 11) is -2.58. The summed E-state index contributed by atoms with van der Waals surface area (Å²) in [4.78, 5) is 11.7. The zero-order valence-corrected chi connectivity index (χ0v) is 12.2. The van der Waals surface area contributed by atoms with E-state index in [1.807, 2.05) is 6.92 Å². The van der Waals surface area contributed by atoms with Crippen LogP contribution in [-0.2, 0) is 19.6 Å². The van der Waals surface area contributed by atoms with E-state index in [9.17, 15) is 13.2 Å². The highest BCUT2D eigenvalue weighted by atomic mass is 32.2. The number of ether oxygens (including phenoxy) is 1. The minimum atomic E-state index is -3.78. The number of benzene rings is 1. The molecular formula is C14H17NO4S. The topological polar surface area (TPSA) is 72.5 Å². The summed E-state index contributed by atoms with van der Waals surface area (Å²) in [5.74, 6) is 1.71. The molecule has 0 bridgehead atoms. The number of hydrogen-bond donors (Lipinski definition) is 1. The van der Waals surface area contributed by atoms with Gasteiger partial charge in [-0.1, -0.05) is 17.7 Å². The SMILES string of the molecule is C#CCC[C@@H](NS(=O)(=O)c1ccc(C)cc1)C(=O)OC. The van der Waals surface area contributed by atoms with Gasteiger partial charge in [0.2, 0.25) is 10.0 Å². The number of hydrogen-bond acceptors (Lipinski definition) is 4. The number of carbonyl (C=O) groups is 1. The third-order valence-electron chi connectivity index (χ3n) is 2.69. The number of nitrogens with one attached hydrogen (secondary N) is 1. The molecule has 0 aliphatic carbocycles. The Kier molecular flexibility index (Phi) is 5.74. The zero-order valence-electron chi connectivity index (χ0n) is 11.4. The van der Waals surface area contributed by atoms with Gasteiger partial charge in [0.25, 0.3) is 0 Å². The second-order valence-corrected chi connectivity index (χ2v) is 5.97. The molecule has 0 amide bonds. The number of sulfonamides is 1. The second-order valence-electron chi connectivity index (χ2n) is 4.25. The summed E-state index contributed by atoms with van der Waals surface area (Å²) in [6.45, 7) is 1.86. The van der Waals surface area contributed by atoms with Gasteiger partial charge in [-0.2, -0.15) is 4.72 Å². The first-order valence-corrected chi connectivity index (χ1v) is 7.49. The minimum Gasteiger partial charge on any atom is -0.468 e. The van der Waals surface area contributed by atoms with Crippen LogP contribution in [-0.4, -0.2) is 27.5 Å². The van der Waals surface area contributed by atoms with Gasteiger partial charge >= 0.3 is 5.97 Å². The lowest BCUT2D eigenvalue weighted by Gasteiger charge is -2.15. The van der Waals surface area contributed by atoms with Crippen molar-refractivity contribution in [2.75, 3.05) is 7.11 Å². The van der Waals surface area contributed by atoms with Crippen LogP contribution in [0.15, 0.2) is 29.2 Å². The van der Waals surface area contributed by atoms with Crippen LogP contribution in [0.1, 0.15) is 18.4 Å². The summed E-state index contributed by atoms with van der Waals surface area (Å²) >= 11 is 0. The Balaban J connectivity index is 2.93. The molecule has 0 radical (unpaired) electrons. The van der Waals surface area contributed by atoms with Crippen molar-refractivity contribution in [3.63, 3.8) is 0 Å². The van der Waals surface area contributed by atoms with Crippen LogP contribution in [0.25, 0.3) is 0 Å². The lowest BCUT2D eigenvalue weighted by Crippen LogP contribution is -2.41. The van der Waals surface area contributed by atoms with Crippen molar-refractivity contribution in [3.8, 4) is 12.3 Å². The number of esters is 1. The Morgan fingerprint density at radius 3 is 2.50 bits per heavy atom. The van der Waals surface area contributed by atoms with Gasteiger partial charge in [-0.05, 0) is 25.5 Å². The largest absolute Gasteiger partial charge is 0.468 e. The van der Waals surface area contributed by atoms with Gasteiger partial charge in [-0.3, -0.25) is 4.79 Å². The number of terminal acetylenes is 1. The monoisotopic (exact) mass is 295 g/mol. The Morgan fingerprint density at radius 2 is 2.00 bits per heavy atom. The molecule has 20 heavy (non-hydrogen) atoms. The van der Waals surface area contributed by atoms with Crippen LogP contribution in [0.2, 0.25) is 0 Å². The van der Waals surface area contributed by atoms with Crippen molar-refractivity contribution >= 4 is 16.0 Å². The number of methoxy groups -OCH3 is 1. The molecule has 0 aliphatic heterocycles. The van der Waals surface area contributed by atoms with E-state index in [2.05, 4.69) is 15.4 Å². The molecule has 0 saturated carbocycles. The van der Waals surface area contributed by atoms with E-state index >= 15 is 0 Å². The third-order valence-corrected chi connectivity index (χ3v) is 4.18. The maximum Gasteiger partial charge on any atom is 0.323 e. The van der Waals surface area contributed by atoms with E-state index < -0.39 is 22.0 Å². The fourth-order valence-corrected chi connectivity index (χ4v) is 2.79. The Morgan fingerprint density at radius 1 is 1.40 bits per heavy atom. The molecule has 1 aromatic rings. The molecule has 1 N–H and O–H groups in total. The third kappa shape index (κ3) is 4.37. The highest BCUT2D eigenvalue weighted by molar-refractivity contribution is 7.89. The van der Waals surface area contributed by atoms with Crippen LogP contribution in [0.4, 0.5) is 0 Å². The van der Waals surface area contributed by atoms with Gasteiger partial charge in [0, 0.05) is 6.42 Å². The zero-order chi connectivity index (χ0) is 15.2. The first kappa shape index (κ1) is 16.2. The molecule has 5 nitrogen and oxygen atoms in total. The standard InChI is InChI=1S/C14H17NO4S/c1-4-5-6-13(14(16)19-3)15-20(17,18)12-9-7-11(2)8-10-12/h1,7-10,13,15H,5-6H2,2-3H3/t13-/m1/s1. The van der Waals surface area contributed by atoms with Crippen LogP contribution in [0, 0.1) is 19.3 Å². The van der Waals surface area contributed by atoms with Crippen LogP contribution in [0.3, 0.4) is 0 Å². The van der Waals surface area contributed by atoms with Gasteiger partial charge in [-0.25, -0.2) is 8.42 Å². The minimum absolute atomic E-state index is 0.0951. The molecule has 0 fully saturated rings. The first-order valence-electron chi connectivity index (χ1n) is 6.01. The van der Waals surface area contributed by atoms with Crippen molar-refractivity contribution in [3.05, 3.63) is 29.8 Å². The second kappa shape index (κ2) is 7.08. The molecule has 0 saturated heterocycles. The molecule has 1 aromatic carbocycles. The predicted molar refractivity (Wildman–Crippen MR) is 75.4 cm³/mol. The summed E-state index contributed by atoms with van der Waals surface area (Å²) in [5.41, 5.74) is 0.945. The number of rotatable bonds is 6. The van der Waals surface area contributed by atoms with Crippen molar-refractivity contribution in [2.45, 2.75) is 30.7 Å². The summed E-state index contributed by atoms with van der Waals surface area (Å²) < 4.78 is 31.2. The molecule has 0 spiro atoms. The van der Waals surface area contributed by atoms with Crippen LogP contribution in [0.5, 0.6) is 0 Å². The molecule has 0 unspecified atom stereocenters. The molecule has 6 heteroatoms. The van der Waals surface area contributed by atoms with Gasteiger partial charge in [-0.15, -0.1) is 12.3 Å². The van der Waals surface area contributed by atoms with E-state index in [1.54, 1.807) is 12.1 Å². The van der Waals surface area contributed by atoms with Gasteiger partial charge < -0.3 is 4.74 Å². The quantitative estimate of drug-likeness (QED) is 0.633. The van der Waals surface area contributed by atoms with Crippen LogP contribution < -0.4 is 4.72 Å². The molecule has 108 valence electrons. The smallest absolute Gasteiger partial charge is 0.323 e. The predicted octanol–water partition coefficient (Wildman–Crippen LogP) is 1.23. The molecule has 1 atom stereocenters. The van der Waals surface area contributed by atoms with Crippen molar-refractivity contribution < 1.29 is 17.9 Å². The van der Waals surface area contributed by atoms with Gasteiger partial charge in [0.05, 0.1) is 12.0 Å². The van der Waals surface area contributed by atoms with E-state index in [0.29, 0.717) is 0 Å². The van der Waals surface area contributed by atoms with E-state index in [0.717, 1.165) is 5.56 Å². The lowest BCUT2D eigenvalue weighted by molar-refractivity contribution is -0.142. The highest BCUT2D eigenvalue weighted by Gasteiger charge is 2.25. The average Bonchev–Trinajstić information content (AvgIpc) is 2.43. The Labute approximate surface area is 119 Å². The van der Waals surface area contributed by atoms with Crippen LogP contribution >= 0.6 is 0 Å². The van der Waals surface area contributed by atoms with Crippen molar-refractivity contribution in [1.82, 2.24) is 4.72 Å². The molecular weight excluding hydrogens is 278 g/mol. The van der Waals surface area contributed by atoms with E-state index in [-0.39, 0.29) is 17.7 Å². The van der Waals surface area contributed by atoms with E-state index in [1.165, 1.54) is 19.2 Å². The fourth-order valence-electron chi connectivity index (χ4n) is 1.57. The van der Waals surface area contributed by atoms with Crippen molar-refractivity contribution in [2.24, 2.45) is 0 Å². The van der Waals surface area contributed by atoms with Crippen molar-refractivity contribution in [1.29, 1.82) is 0 Å². The first-order chi connectivity index (χ1) is 9.40. The average molecular weight is 295 g/mol. The van der Waals surface area contributed by atoms with Gasteiger partial charge in [0.1, 0.15) is 6.04 Å². The Bertz CT molecular complexity index is 599. The Hall–Kier alpha value is -1.84. The lowest BCUT2D eigenvalue weighted by atomic mass is 10.2. The highest BCUT2D eigenvalue weighted by Crippen LogP contribution is 2.12. The molecule has 0 heterocycles. The molecule has 0 aromatic heterocycles. The summed E-state index contributed by atoms with van der Waals surface area (Å²) in [5, 5.41) is 0. The normalized spacial score (nSPS) is 12.4. The van der Waals surface area contributed by atoms with Gasteiger partial charge in [0.15, 0.2) is 0 Å². The van der Waals surface area contributed by atoms with E-state index in [4.69, 9.17) is 6.42 Å². The fraction of sp³-hybridized carbons (Fsp3) is 0.357.